The minimum absolute atomic E-state index is 0.106. The van der Waals surface area contributed by atoms with Gasteiger partial charge in [-0.1, -0.05) is 32.1 Å². The third kappa shape index (κ3) is 3.45. The number of nitrogen functional groups attached to an aromatic ring is 1. The number of rotatable bonds is 2. The van der Waals surface area contributed by atoms with Crippen molar-refractivity contribution in [1.82, 2.24) is 4.98 Å². The molecule has 0 aromatic carbocycles. The van der Waals surface area contributed by atoms with Crippen LogP contribution in [0.3, 0.4) is 0 Å². The zero-order valence-electron chi connectivity index (χ0n) is 10.7. The maximum absolute atomic E-state index is 12.2. The van der Waals surface area contributed by atoms with Crippen LogP contribution in [0.1, 0.15) is 44.9 Å². The summed E-state index contributed by atoms with van der Waals surface area (Å²) in [7, 11) is 0. The number of nitrogens with one attached hydrogen (secondary N) is 1. The van der Waals surface area contributed by atoms with Crippen LogP contribution in [0.25, 0.3) is 0 Å². The lowest BCUT2D eigenvalue weighted by Gasteiger charge is -2.19. The van der Waals surface area contributed by atoms with Gasteiger partial charge in [0.25, 0.3) is 0 Å². The van der Waals surface area contributed by atoms with Crippen LogP contribution in [0.5, 0.6) is 0 Å². The molecule has 1 amide bonds. The summed E-state index contributed by atoms with van der Waals surface area (Å²) < 4.78 is 0. The van der Waals surface area contributed by atoms with Gasteiger partial charge in [0.1, 0.15) is 0 Å². The molecule has 1 heterocycles. The Morgan fingerprint density at radius 3 is 2.56 bits per heavy atom. The Morgan fingerprint density at radius 1 is 1.22 bits per heavy atom. The summed E-state index contributed by atoms with van der Waals surface area (Å²) in [4.78, 5) is 16.1. The minimum Gasteiger partial charge on any atom is -0.396 e. The SMILES string of the molecule is Nc1cnccc1NC(=O)C1CCCCCCC1. The van der Waals surface area contributed by atoms with Gasteiger partial charge in [0.05, 0.1) is 17.6 Å². The Balaban J connectivity index is 1.96. The van der Waals surface area contributed by atoms with Crippen molar-refractivity contribution in [2.75, 3.05) is 11.1 Å². The molecule has 4 heteroatoms. The Hall–Kier alpha value is -1.58. The van der Waals surface area contributed by atoms with Crippen molar-refractivity contribution in [3.63, 3.8) is 0 Å². The molecule has 1 aromatic heterocycles. The molecule has 0 saturated heterocycles. The highest BCUT2D eigenvalue weighted by Gasteiger charge is 2.19. The lowest BCUT2D eigenvalue weighted by Crippen LogP contribution is -2.24. The summed E-state index contributed by atoms with van der Waals surface area (Å²) in [6.07, 6.45) is 11.3. The third-order valence-electron chi connectivity index (χ3n) is 3.59. The average molecular weight is 247 g/mol. The second-order valence-corrected chi connectivity index (χ2v) is 4.99. The fourth-order valence-corrected chi connectivity index (χ4v) is 2.47. The van der Waals surface area contributed by atoms with E-state index in [1.165, 1.54) is 19.3 Å². The number of carbonyl (C=O) groups is 1. The summed E-state index contributed by atoms with van der Waals surface area (Å²) >= 11 is 0. The van der Waals surface area contributed by atoms with Crippen molar-refractivity contribution in [2.24, 2.45) is 5.92 Å². The Kier molecular flexibility index (Phi) is 4.56. The molecule has 0 spiro atoms. The van der Waals surface area contributed by atoms with Gasteiger partial charge in [-0.15, -0.1) is 0 Å². The zero-order valence-corrected chi connectivity index (χ0v) is 10.7. The molecule has 4 nitrogen and oxygen atoms in total. The summed E-state index contributed by atoms with van der Waals surface area (Å²) in [5, 5.41) is 2.92. The zero-order chi connectivity index (χ0) is 12.8. The molecule has 98 valence electrons. The fraction of sp³-hybridized carbons (Fsp3) is 0.571. The van der Waals surface area contributed by atoms with Gasteiger partial charge in [-0.3, -0.25) is 9.78 Å². The molecule has 0 bridgehead atoms. The lowest BCUT2D eigenvalue weighted by atomic mass is 9.90. The van der Waals surface area contributed by atoms with Gasteiger partial charge in [-0.25, -0.2) is 0 Å². The van der Waals surface area contributed by atoms with Gasteiger partial charge in [0.15, 0.2) is 0 Å². The van der Waals surface area contributed by atoms with Crippen LogP contribution < -0.4 is 11.1 Å². The number of hydrogen-bond acceptors (Lipinski definition) is 3. The molecule has 1 aromatic rings. The van der Waals surface area contributed by atoms with Crippen molar-refractivity contribution in [3.05, 3.63) is 18.5 Å². The number of aromatic nitrogens is 1. The topological polar surface area (TPSA) is 68.0 Å². The first kappa shape index (κ1) is 12.9. The standard InChI is InChI=1S/C14H21N3O/c15-12-10-16-9-8-13(12)17-14(18)11-6-4-2-1-3-5-7-11/h8-11H,1-7,15H2,(H,16,17,18). The van der Waals surface area contributed by atoms with Crippen LogP contribution in [-0.4, -0.2) is 10.9 Å². The molecule has 18 heavy (non-hydrogen) atoms. The first-order valence-electron chi connectivity index (χ1n) is 6.78. The third-order valence-corrected chi connectivity index (χ3v) is 3.59. The second kappa shape index (κ2) is 6.38. The number of carbonyl (C=O) groups excluding carboxylic acids is 1. The molecule has 3 N–H and O–H groups in total. The number of hydrogen-bond donors (Lipinski definition) is 2. The Labute approximate surface area is 108 Å². The van der Waals surface area contributed by atoms with Crippen molar-refractivity contribution in [2.45, 2.75) is 44.9 Å². The van der Waals surface area contributed by atoms with E-state index in [1.807, 2.05) is 0 Å². The minimum atomic E-state index is 0.106. The summed E-state index contributed by atoms with van der Waals surface area (Å²) in [6, 6.07) is 1.75. The molecule has 2 rings (SSSR count). The van der Waals surface area contributed by atoms with Crippen molar-refractivity contribution >= 4 is 17.3 Å². The molecule has 0 aliphatic heterocycles. The monoisotopic (exact) mass is 247 g/mol. The average Bonchev–Trinajstić information content (AvgIpc) is 2.31. The largest absolute Gasteiger partial charge is 0.396 e. The van der Waals surface area contributed by atoms with Crippen molar-refractivity contribution < 1.29 is 4.79 Å². The first-order valence-corrected chi connectivity index (χ1v) is 6.78. The van der Waals surface area contributed by atoms with Gasteiger partial charge < -0.3 is 11.1 Å². The molecule has 0 atom stereocenters. The number of amides is 1. The molecule has 0 radical (unpaired) electrons. The Bertz CT molecular complexity index is 398. The Morgan fingerprint density at radius 2 is 1.89 bits per heavy atom. The van der Waals surface area contributed by atoms with E-state index in [9.17, 15) is 4.79 Å². The van der Waals surface area contributed by atoms with Gasteiger partial charge in [0.2, 0.25) is 5.91 Å². The number of pyridine rings is 1. The van der Waals surface area contributed by atoms with E-state index in [0.717, 1.165) is 25.7 Å². The van der Waals surface area contributed by atoms with Crippen molar-refractivity contribution in [3.8, 4) is 0 Å². The van der Waals surface area contributed by atoms with E-state index in [1.54, 1.807) is 18.5 Å². The highest BCUT2D eigenvalue weighted by atomic mass is 16.1. The molecular weight excluding hydrogens is 226 g/mol. The van der Waals surface area contributed by atoms with Gasteiger partial charge in [-0.05, 0) is 18.9 Å². The maximum atomic E-state index is 12.2. The van der Waals surface area contributed by atoms with Crippen LogP contribution in [-0.2, 0) is 4.79 Å². The van der Waals surface area contributed by atoms with Crippen LogP contribution in [0.15, 0.2) is 18.5 Å². The van der Waals surface area contributed by atoms with E-state index in [0.29, 0.717) is 11.4 Å². The number of anilines is 2. The molecule has 1 saturated carbocycles. The molecule has 0 unspecified atom stereocenters. The van der Waals surface area contributed by atoms with Crippen LogP contribution in [0.4, 0.5) is 11.4 Å². The van der Waals surface area contributed by atoms with Crippen LogP contribution in [0.2, 0.25) is 0 Å². The summed E-state index contributed by atoms with van der Waals surface area (Å²) in [5.74, 6) is 0.243. The summed E-state index contributed by atoms with van der Waals surface area (Å²) in [5.41, 5.74) is 6.98. The smallest absolute Gasteiger partial charge is 0.227 e. The van der Waals surface area contributed by atoms with E-state index >= 15 is 0 Å². The van der Waals surface area contributed by atoms with Gasteiger partial charge in [0, 0.05) is 12.1 Å². The van der Waals surface area contributed by atoms with E-state index < -0.39 is 0 Å². The highest BCUT2D eigenvalue weighted by Crippen LogP contribution is 2.24. The molecule has 1 fully saturated rings. The maximum Gasteiger partial charge on any atom is 0.227 e. The summed E-state index contributed by atoms with van der Waals surface area (Å²) in [6.45, 7) is 0. The van der Waals surface area contributed by atoms with Gasteiger partial charge in [-0.2, -0.15) is 0 Å². The van der Waals surface area contributed by atoms with Crippen LogP contribution >= 0.6 is 0 Å². The predicted molar refractivity (Wildman–Crippen MR) is 73.1 cm³/mol. The normalized spacial score (nSPS) is 17.8. The fourth-order valence-electron chi connectivity index (χ4n) is 2.47. The molecule has 1 aliphatic carbocycles. The van der Waals surface area contributed by atoms with Crippen LogP contribution in [0, 0.1) is 5.92 Å². The van der Waals surface area contributed by atoms with E-state index in [2.05, 4.69) is 10.3 Å². The van der Waals surface area contributed by atoms with E-state index in [-0.39, 0.29) is 11.8 Å². The number of nitrogens with two attached hydrogens (primary N) is 1. The number of nitrogens with zero attached hydrogens (tertiary/aromatic N) is 1. The first-order chi connectivity index (χ1) is 8.77. The molecular formula is C14H21N3O. The second-order valence-electron chi connectivity index (χ2n) is 4.99. The van der Waals surface area contributed by atoms with Gasteiger partial charge >= 0.3 is 0 Å². The molecule has 1 aliphatic rings. The quantitative estimate of drug-likeness (QED) is 0.844. The predicted octanol–water partition coefficient (Wildman–Crippen LogP) is 2.96. The lowest BCUT2D eigenvalue weighted by molar-refractivity contribution is -0.120. The van der Waals surface area contributed by atoms with Crippen molar-refractivity contribution in [1.29, 1.82) is 0 Å². The van der Waals surface area contributed by atoms with E-state index in [4.69, 9.17) is 5.73 Å². The highest BCUT2D eigenvalue weighted by molar-refractivity contribution is 5.95.